The number of fused-ring (bicyclic) bond motifs is 1. The predicted octanol–water partition coefficient (Wildman–Crippen LogP) is 3.69. The Morgan fingerprint density at radius 2 is 1.84 bits per heavy atom. The third-order valence-corrected chi connectivity index (χ3v) is 8.43. The highest BCUT2D eigenvalue weighted by Crippen LogP contribution is 2.43. The number of alkyl carbamates (subject to hydrolysis) is 1. The summed E-state index contributed by atoms with van der Waals surface area (Å²) in [5, 5.41) is 14.4. The summed E-state index contributed by atoms with van der Waals surface area (Å²) < 4.78 is 5.47. The van der Waals surface area contributed by atoms with Crippen molar-refractivity contribution < 1.29 is 19.4 Å². The first kappa shape index (κ1) is 27.4. The van der Waals surface area contributed by atoms with Crippen LogP contribution < -0.4 is 5.32 Å². The summed E-state index contributed by atoms with van der Waals surface area (Å²) in [5.41, 5.74) is 3.09. The molecular weight excluding hydrogens is 463 g/mol. The Labute approximate surface area is 222 Å². The van der Waals surface area contributed by atoms with Gasteiger partial charge in [-0.15, -0.1) is 0 Å². The number of carbonyl (C=O) groups excluding carboxylic acids is 2. The Kier molecular flexibility index (Phi) is 9.44. The predicted molar refractivity (Wildman–Crippen MR) is 148 cm³/mol. The number of likely N-dealkylation sites (tertiary alicyclic amines) is 1. The topological polar surface area (TPSA) is 78.9 Å². The van der Waals surface area contributed by atoms with E-state index in [4.69, 9.17) is 4.74 Å². The molecule has 6 nitrogen and oxygen atoms in total. The molecule has 2 aromatic rings. The first-order valence-corrected chi connectivity index (χ1v) is 13.8. The van der Waals surface area contributed by atoms with Crippen LogP contribution in [-0.2, 0) is 22.6 Å². The van der Waals surface area contributed by atoms with E-state index < -0.39 is 18.2 Å². The van der Waals surface area contributed by atoms with Gasteiger partial charge in [0.2, 0.25) is 0 Å². The average molecular weight is 504 g/mol. The van der Waals surface area contributed by atoms with Crippen LogP contribution in [0.2, 0.25) is 5.82 Å². The van der Waals surface area contributed by atoms with Gasteiger partial charge in [0.25, 0.3) is 0 Å². The van der Waals surface area contributed by atoms with Crippen LogP contribution in [-0.4, -0.2) is 61.0 Å². The SMILES string of the molecule is BC1CCC[C@H]2C[C@@H](C(C)=O)N(C[C@@H](O)[C@H](Cc3ccc(C)cc3)NC(=O)OCc3ccccc3)C[C@@H]12. The molecular formula is C30H41BN2O4. The molecule has 7 heteroatoms. The van der Waals surface area contributed by atoms with Crippen LogP contribution in [0, 0.1) is 18.8 Å². The number of piperidine rings is 1. The van der Waals surface area contributed by atoms with Gasteiger partial charge in [-0.05, 0) is 49.7 Å². The number of nitrogens with one attached hydrogen (secondary N) is 1. The third kappa shape index (κ3) is 7.45. The summed E-state index contributed by atoms with van der Waals surface area (Å²) in [6.45, 7) is 5.03. The van der Waals surface area contributed by atoms with E-state index in [-0.39, 0.29) is 18.4 Å². The van der Waals surface area contributed by atoms with E-state index in [1.165, 1.54) is 19.3 Å². The average Bonchev–Trinajstić information content (AvgIpc) is 2.89. The zero-order valence-corrected chi connectivity index (χ0v) is 22.4. The van der Waals surface area contributed by atoms with Gasteiger partial charge in [-0.2, -0.15) is 0 Å². The van der Waals surface area contributed by atoms with Crippen LogP contribution in [0.3, 0.4) is 0 Å². The molecule has 2 aliphatic rings. The van der Waals surface area contributed by atoms with Crippen LogP contribution >= 0.6 is 0 Å². The summed E-state index contributed by atoms with van der Waals surface area (Å²) in [4.78, 5) is 27.6. The number of nitrogens with zero attached hydrogens (tertiary/aromatic N) is 1. The highest BCUT2D eigenvalue weighted by molar-refractivity contribution is 6.11. The fourth-order valence-corrected chi connectivity index (χ4v) is 6.22. The smallest absolute Gasteiger partial charge is 0.407 e. The van der Waals surface area contributed by atoms with E-state index >= 15 is 0 Å². The first-order valence-electron chi connectivity index (χ1n) is 13.8. The molecule has 1 aliphatic carbocycles. The maximum Gasteiger partial charge on any atom is 0.407 e. The molecule has 1 unspecified atom stereocenters. The number of aliphatic hydroxyl groups excluding tert-OH is 1. The second-order valence-electron chi connectivity index (χ2n) is 11.2. The molecule has 0 bridgehead atoms. The van der Waals surface area contributed by atoms with Crippen molar-refractivity contribution >= 4 is 19.7 Å². The first-order chi connectivity index (χ1) is 17.8. The monoisotopic (exact) mass is 504 g/mol. The molecule has 198 valence electrons. The van der Waals surface area contributed by atoms with E-state index in [9.17, 15) is 14.7 Å². The van der Waals surface area contributed by atoms with Crippen LogP contribution in [0.25, 0.3) is 0 Å². The third-order valence-electron chi connectivity index (χ3n) is 8.43. The van der Waals surface area contributed by atoms with E-state index in [0.29, 0.717) is 30.6 Å². The van der Waals surface area contributed by atoms with Gasteiger partial charge in [0.15, 0.2) is 0 Å². The molecule has 0 aromatic heterocycles. The lowest BCUT2D eigenvalue weighted by Gasteiger charge is -2.48. The molecule has 37 heavy (non-hydrogen) atoms. The number of ketones is 1. The summed E-state index contributed by atoms with van der Waals surface area (Å²) >= 11 is 0. The standard InChI is InChI=1S/C30H41BN2O4/c1-20-11-13-22(14-12-20)15-27(32-30(36)37-19-23-7-4-3-5-8-23)29(35)18-33-17-25-24(9-6-10-26(25)31)16-28(33)21(2)34/h3-5,7-8,11-14,24-29,35H,6,9-10,15-19,31H2,1-2H3,(H,32,36)/t24-,25+,26?,27-,28-,29+/m0/s1. The lowest BCUT2D eigenvalue weighted by molar-refractivity contribution is -0.126. The van der Waals surface area contributed by atoms with E-state index in [2.05, 4.69) is 18.1 Å². The quantitative estimate of drug-likeness (QED) is 0.510. The summed E-state index contributed by atoms with van der Waals surface area (Å²) in [6, 6.07) is 17.0. The summed E-state index contributed by atoms with van der Waals surface area (Å²) in [7, 11) is 2.32. The normalized spacial score (nSPS) is 25.5. The number of Topliss-reactive ketones (excluding diaryl/α,β-unsaturated/α-hetero) is 1. The van der Waals surface area contributed by atoms with Crippen LogP contribution in [0.15, 0.2) is 54.6 Å². The minimum absolute atomic E-state index is 0.161. The highest BCUT2D eigenvalue weighted by Gasteiger charge is 2.42. The molecule has 2 aromatic carbocycles. The lowest BCUT2D eigenvalue weighted by atomic mass is 9.60. The van der Waals surface area contributed by atoms with Crippen LogP contribution in [0.1, 0.15) is 49.3 Å². The van der Waals surface area contributed by atoms with E-state index in [1.807, 2.05) is 61.5 Å². The fraction of sp³-hybridized carbons (Fsp3) is 0.533. The molecule has 0 spiro atoms. The number of amides is 1. The van der Waals surface area contributed by atoms with Gasteiger partial charge in [-0.3, -0.25) is 9.69 Å². The molecule has 0 radical (unpaired) electrons. The van der Waals surface area contributed by atoms with Crippen molar-refractivity contribution in [3.05, 3.63) is 71.3 Å². The van der Waals surface area contributed by atoms with Gasteiger partial charge in [0.1, 0.15) is 20.2 Å². The molecule has 1 saturated heterocycles. The lowest BCUT2D eigenvalue weighted by Crippen LogP contribution is -2.57. The largest absolute Gasteiger partial charge is 0.445 e. The van der Waals surface area contributed by atoms with Crippen molar-refractivity contribution in [3.63, 3.8) is 0 Å². The number of aryl methyl sites for hydroxylation is 1. The van der Waals surface area contributed by atoms with Crippen molar-refractivity contribution in [3.8, 4) is 0 Å². The van der Waals surface area contributed by atoms with Gasteiger partial charge in [0.05, 0.1) is 18.2 Å². The van der Waals surface area contributed by atoms with E-state index in [0.717, 1.165) is 29.7 Å². The van der Waals surface area contributed by atoms with Gasteiger partial charge < -0.3 is 15.2 Å². The Bertz CT molecular complexity index is 1030. The number of carbonyl (C=O) groups is 2. The van der Waals surface area contributed by atoms with Crippen molar-refractivity contribution in [1.82, 2.24) is 10.2 Å². The fourth-order valence-electron chi connectivity index (χ4n) is 6.22. The van der Waals surface area contributed by atoms with Gasteiger partial charge in [-0.25, -0.2) is 4.79 Å². The van der Waals surface area contributed by atoms with Crippen molar-refractivity contribution in [1.29, 1.82) is 0 Å². The molecule has 4 rings (SSSR count). The number of aliphatic hydroxyl groups is 1. The summed E-state index contributed by atoms with van der Waals surface area (Å²) in [5.74, 6) is 1.92. The van der Waals surface area contributed by atoms with Crippen molar-refractivity contribution in [2.75, 3.05) is 13.1 Å². The molecule has 1 amide bonds. The highest BCUT2D eigenvalue weighted by atomic mass is 16.5. The number of hydrogen-bond donors (Lipinski definition) is 2. The van der Waals surface area contributed by atoms with Crippen molar-refractivity contribution in [2.45, 2.75) is 76.6 Å². The van der Waals surface area contributed by atoms with Gasteiger partial charge in [-0.1, -0.05) is 85.2 Å². The Morgan fingerprint density at radius 1 is 1.11 bits per heavy atom. The van der Waals surface area contributed by atoms with E-state index in [1.54, 1.807) is 6.92 Å². The molecule has 1 heterocycles. The second-order valence-corrected chi connectivity index (χ2v) is 11.2. The van der Waals surface area contributed by atoms with Gasteiger partial charge >= 0.3 is 6.09 Å². The number of hydrogen-bond acceptors (Lipinski definition) is 5. The maximum atomic E-state index is 12.8. The zero-order chi connectivity index (χ0) is 26.4. The molecule has 2 fully saturated rings. The summed E-state index contributed by atoms with van der Waals surface area (Å²) in [6.07, 6.45) is 3.61. The maximum absolute atomic E-state index is 12.8. The number of β-amino-alcohol motifs (C(OH)–C–C–N with tert-alkyl or cyclic N) is 1. The Morgan fingerprint density at radius 3 is 2.54 bits per heavy atom. The number of ether oxygens (including phenoxy) is 1. The molecule has 1 aliphatic heterocycles. The van der Waals surface area contributed by atoms with Crippen LogP contribution in [0.4, 0.5) is 4.79 Å². The molecule has 6 atom stereocenters. The molecule has 1 saturated carbocycles. The zero-order valence-electron chi connectivity index (χ0n) is 22.4. The Balaban J connectivity index is 1.46. The minimum Gasteiger partial charge on any atom is -0.445 e. The number of benzene rings is 2. The second kappa shape index (κ2) is 12.7. The number of rotatable bonds is 9. The molecule has 2 N–H and O–H groups in total. The minimum atomic E-state index is -0.845. The Hall–Kier alpha value is -2.64. The van der Waals surface area contributed by atoms with Gasteiger partial charge in [0, 0.05) is 13.1 Å². The van der Waals surface area contributed by atoms with Crippen LogP contribution in [0.5, 0.6) is 0 Å². The van der Waals surface area contributed by atoms with Crippen molar-refractivity contribution in [2.24, 2.45) is 11.8 Å².